The Kier molecular flexibility index (Phi) is 7.73. The average Bonchev–Trinajstić information content (AvgIpc) is 3.45. The van der Waals surface area contributed by atoms with Crippen molar-refractivity contribution in [3.8, 4) is 0 Å². The number of methoxy groups -OCH3 is 1. The van der Waals surface area contributed by atoms with Crippen LogP contribution in [0.4, 0.5) is 4.79 Å². The molecular formula is C24H32N4O5. The average molecular weight is 457 g/mol. The lowest BCUT2D eigenvalue weighted by Gasteiger charge is -2.29. The Morgan fingerprint density at radius 3 is 2.52 bits per heavy atom. The number of hydrogen-bond donors (Lipinski definition) is 1. The smallest absolute Gasteiger partial charge is 0.408 e. The lowest BCUT2D eigenvalue weighted by Crippen LogP contribution is -2.52. The molecule has 0 bridgehead atoms. The number of likely N-dealkylation sites (tertiary alicyclic amines) is 1. The van der Waals surface area contributed by atoms with Gasteiger partial charge < -0.3 is 19.7 Å². The molecule has 0 saturated carbocycles. The van der Waals surface area contributed by atoms with E-state index in [1.165, 1.54) is 12.0 Å². The Balaban J connectivity index is 1.80. The minimum absolute atomic E-state index is 0.163. The molecule has 0 spiro atoms. The van der Waals surface area contributed by atoms with Crippen LogP contribution in [0.25, 0.3) is 0 Å². The van der Waals surface area contributed by atoms with Crippen LogP contribution in [-0.2, 0) is 25.5 Å². The van der Waals surface area contributed by atoms with Crippen molar-refractivity contribution in [3.05, 3.63) is 54.4 Å². The number of aromatic nitrogens is 2. The zero-order valence-corrected chi connectivity index (χ0v) is 19.6. The maximum absolute atomic E-state index is 13.6. The first-order chi connectivity index (χ1) is 15.7. The lowest BCUT2D eigenvalue weighted by atomic mass is 10.0. The summed E-state index contributed by atoms with van der Waals surface area (Å²) in [5, 5.41) is 6.98. The molecule has 178 valence electrons. The van der Waals surface area contributed by atoms with Crippen molar-refractivity contribution in [2.45, 2.75) is 63.8 Å². The van der Waals surface area contributed by atoms with Gasteiger partial charge in [0.25, 0.3) is 0 Å². The van der Waals surface area contributed by atoms with Crippen molar-refractivity contribution >= 4 is 18.0 Å². The van der Waals surface area contributed by atoms with Gasteiger partial charge in [-0.2, -0.15) is 5.10 Å². The van der Waals surface area contributed by atoms with Crippen molar-refractivity contribution in [2.24, 2.45) is 0 Å². The molecule has 2 aromatic rings. The molecule has 0 aliphatic carbocycles. The second-order valence-corrected chi connectivity index (χ2v) is 9.13. The molecule has 1 aromatic heterocycles. The molecule has 1 aromatic carbocycles. The second-order valence-electron chi connectivity index (χ2n) is 9.13. The van der Waals surface area contributed by atoms with Crippen molar-refractivity contribution in [1.82, 2.24) is 20.0 Å². The van der Waals surface area contributed by atoms with Crippen LogP contribution in [0.3, 0.4) is 0 Å². The maximum Gasteiger partial charge on any atom is 0.408 e. The highest BCUT2D eigenvalue weighted by molar-refractivity contribution is 5.90. The van der Waals surface area contributed by atoms with Gasteiger partial charge in [-0.05, 0) is 45.2 Å². The summed E-state index contributed by atoms with van der Waals surface area (Å²) in [6.45, 7) is 5.57. The molecule has 2 unspecified atom stereocenters. The van der Waals surface area contributed by atoms with Gasteiger partial charge in [-0.15, -0.1) is 0 Å². The van der Waals surface area contributed by atoms with Gasteiger partial charge in [-0.25, -0.2) is 9.59 Å². The number of alkyl carbamates (subject to hydrolysis) is 1. The van der Waals surface area contributed by atoms with Gasteiger partial charge in [0.2, 0.25) is 5.91 Å². The highest BCUT2D eigenvalue weighted by Gasteiger charge is 2.43. The van der Waals surface area contributed by atoms with E-state index in [2.05, 4.69) is 10.4 Å². The maximum atomic E-state index is 13.6. The van der Waals surface area contributed by atoms with Gasteiger partial charge in [0.15, 0.2) is 0 Å². The van der Waals surface area contributed by atoms with Crippen LogP contribution in [0, 0.1) is 0 Å². The molecule has 0 radical (unpaired) electrons. The van der Waals surface area contributed by atoms with Gasteiger partial charge in [0.05, 0.1) is 13.2 Å². The van der Waals surface area contributed by atoms with Gasteiger partial charge in [0, 0.05) is 25.4 Å². The molecule has 3 atom stereocenters. The zero-order chi connectivity index (χ0) is 24.0. The van der Waals surface area contributed by atoms with Crippen molar-refractivity contribution in [1.29, 1.82) is 0 Å². The summed E-state index contributed by atoms with van der Waals surface area (Å²) in [4.78, 5) is 40.1. The van der Waals surface area contributed by atoms with Crippen LogP contribution < -0.4 is 5.32 Å². The van der Waals surface area contributed by atoms with Crippen LogP contribution in [0.5, 0.6) is 0 Å². The summed E-state index contributed by atoms with van der Waals surface area (Å²) in [5.74, 6) is -0.834. The van der Waals surface area contributed by atoms with E-state index in [-0.39, 0.29) is 18.5 Å². The van der Waals surface area contributed by atoms with Gasteiger partial charge >= 0.3 is 12.1 Å². The molecule has 1 saturated heterocycles. The lowest BCUT2D eigenvalue weighted by molar-refractivity contribution is -0.151. The largest absolute Gasteiger partial charge is 0.467 e. The molecule has 9 nitrogen and oxygen atoms in total. The Labute approximate surface area is 194 Å². The predicted molar refractivity (Wildman–Crippen MR) is 121 cm³/mol. The molecule has 9 heteroatoms. The SMILES string of the molecule is COC(=O)[C@@H]1CC(n2cccn2)CN1C(=O)C(CCc1ccccc1)NC(=O)OC(C)(C)C. The number of benzene rings is 1. The second kappa shape index (κ2) is 10.5. The summed E-state index contributed by atoms with van der Waals surface area (Å²) in [6.07, 6.45) is 4.11. The molecular weight excluding hydrogens is 424 g/mol. The number of carbonyl (C=O) groups is 3. The predicted octanol–water partition coefficient (Wildman–Crippen LogP) is 2.72. The zero-order valence-electron chi connectivity index (χ0n) is 19.6. The highest BCUT2D eigenvalue weighted by atomic mass is 16.6. The molecule has 1 aliphatic rings. The first-order valence-corrected chi connectivity index (χ1v) is 11.1. The molecule has 1 aliphatic heterocycles. The fourth-order valence-electron chi connectivity index (χ4n) is 3.97. The van der Waals surface area contributed by atoms with E-state index in [9.17, 15) is 14.4 Å². The minimum Gasteiger partial charge on any atom is -0.467 e. The summed E-state index contributed by atoms with van der Waals surface area (Å²) in [7, 11) is 1.30. The number of esters is 1. The fourth-order valence-corrected chi connectivity index (χ4v) is 3.97. The Morgan fingerprint density at radius 1 is 1.18 bits per heavy atom. The summed E-state index contributed by atoms with van der Waals surface area (Å²) in [5.41, 5.74) is 0.339. The van der Waals surface area contributed by atoms with E-state index in [0.717, 1.165) is 5.56 Å². The number of ether oxygens (including phenoxy) is 2. The summed E-state index contributed by atoms with van der Waals surface area (Å²) in [6, 6.07) is 9.73. The van der Waals surface area contributed by atoms with E-state index >= 15 is 0 Å². The van der Waals surface area contributed by atoms with E-state index in [1.54, 1.807) is 43.9 Å². The topological polar surface area (TPSA) is 103 Å². The van der Waals surface area contributed by atoms with Gasteiger partial charge in [-0.1, -0.05) is 30.3 Å². The van der Waals surface area contributed by atoms with Crippen molar-refractivity contribution in [2.75, 3.05) is 13.7 Å². The molecule has 2 heterocycles. The van der Waals surface area contributed by atoms with Crippen LogP contribution in [0.15, 0.2) is 48.8 Å². The Hall–Kier alpha value is -3.36. The number of nitrogens with zero attached hydrogens (tertiary/aromatic N) is 3. The number of rotatable bonds is 7. The standard InChI is InChI=1S/C24H32N4O5/c1-24(2,3)33-23(31)26-19(12-11-17-9-6-5-7-10-17)21(29)27-16-18(28-14-8-13-25-28)15-20(27)22(30)32-4/h5-10,13-14,18-20H,11-12,15-16H2,1-4H3,(H,26,31)/t18?,19?,20-/m0/s1. The third kappa shape index (κ3) is 6.57. The van der Waals surface area contributed by atoms with Crippen molar-refractivity contribution in [3.63, 3.8) is 0 Å². The van der Waals surface area contributed by atoms with Crippen LogP contribution in [0.1, 0.15) is 45.2 Å². The van der Waals surface area contributed by atoms with Crippen LogP contribution in [0.2, 0.25) is 0 Å². The molecule has 1 fully saturated rings. The summed E-state index contributed by atoms with van der Waals surface area (Å²) < 4.78 is 12.1. The number of aryl methyl sites for hydroxylation is 1. The normalized spacial score (nSPS) is 19.1. The fraction of sp³-hybridized carbons (Fsp3) is 0.500. The van der Waals surface area contributed by atoms with Gasteiger partial charge in [0.1, 0.15) is 17.7 Å². The Morgan fingerprint density at radius 2 is 1.91 bits per heavy atom. The highest BCUT2D eigenvalue weighted by Crippen LogP contribution is 2.29. The molecule has 3 rings (SSSR count). The minimum atomic E-state index is -0.858. The monoisotopic (exact) mass is 456 g/mol. The first-order valence-electron chi connectivity index (χ1n) is 11.1. The quantitative estimate of drug-likeness (QED) is 0.643. The molecule has 2 amide bonds. The third-order valence-electron chi connectivity index (χ3n) is 5.49. The Bertz CT molecular complexity index is 940. The number of hydrogen-bond acceptors (Lipinski definition) is 6. The first kappa shape index (κ1) is 24.3. The van der Waals surface area contributed by atoms with E-state index < -0.39 is 29.7 Å². The van der Waals surface area contributed by atoms with Gasteiger partial charge in [-0.3, -0.25) is 9.48 Å². The van der Waals surface area contributed by atoms with Crippen LogP contribution >= 0.6 is 0 Å². The number of amides is 2. The number of carbonyl (C=O) groups excluding carboxylic acids is 3. The molecule has 1 N–H and O–H groups in total. The number of nitrogens with one attached hydrogen (secondary N) is 1. The van der Waals surface area contributed by atoms with Crippen molar-refractivity contribution < 1.29 is 23.9 Å². The van der Waals surface area contributed by atoms with E-state index in [4.69, 9.17) is 9.47 Å². The third-order valence-corrected chi connectivity index (χ3v) is 5.49. The van der Waals surface area contributed by atoms with E-state index in [0.29, 0.717) is 19.3 Å². The molecule has 33 heavy (non-hydrogen) atoms. The van der Waals surface area contributed by atoms with Crippen LogP contribution in [-0.4, -0.2) is 64.0 Å². The summed E-state index contributed by atoms with van der Waals surface area (Å²) >= 11 is 0. The van der Waals surface area contributed by atoms with E-state index in [1.807, 2.05) is 30.3 Å².